The fraction of sp³-hybridized carbons (Fsp3) is 0. The van der Waals surface area contributed by atoms with Crippen LogP contribution >= 0.6 is 9.24 Å². The van der Waals surface area contributed by atoms with Crippen LogP contribution < -0.4 is 5.30 Å². The van der Waals surface area contributed by atoms with Crippen LogP contribution in [0.2, 0.25) is 0 Å². The lowest BCUT2D eigenvalue weighted by Gasteiger charge is -1.82. The lowest BCUT2D eigenvalue weighted by Crippen LogP contribution is -1.82. The van der Waals surface area contributed by atoms with E-state index in [0.717, 1.165) is 0 Å². The minimum atomic E-state index is 1.24. The molecular formula is C6H7P. The largest absolute Gasteiger partial charge is 0.106 e. The predicted molar refractivity (Wildman–Crippen MR) is 35.8 cm³/mol. The molecule has 1 aromatic carbocycles. The molecule has 1 unspecified atom stereocenters. The molecule has 0 aromatic heterocycles. The van der Waals surface area contributed by atoms with Gasteiger partial charge in [-0.3, -0.25) is 0 Å². The first kappa shape index (κ1) is 4.80. The summed E-state index contributed by atoms with van der Waals surface area (Å²) in [5.41, 5.74) is 0. The molecule has 0 radical (unpaired) electrons. The third-order valence-corrected chi connectivity index (χ3v) is 1.18. The highest BCUT2D eigenvalue weighted by molar-refractivity contribution is 7.27. The van der Waals surface area contributed by atoms with Gasteiger partial charge in [-0.25, -0.2) is 0 Å². The average Bonchev–Trinajstić information content (AvgIpc) is 1.69. The van der Waals surface area contributed by atoms with Crippen molar-refractivity contribution in [3.63, 3.8) is 0 Å². The van der Waals surface area contributed by atoms with E-state index >= 15 is 0 Å². The monoisotopic (exact) mass is 88.1 g/mol. The normalized spacial score (nSPS) is 8.71. The fourth-order valence-corrected chi connectivity index (χ4v) is 0.675. The summed E-state index contributed by atoms with van der Waals surface area (Å²) >= 11 is 0. The highest BCUT2D eigenvalue weighted by atomic mass is 13.7. The van der Waals surface area contributed by atoms with Crippen LogP contribution in [0.25, 0.3) is 0 Å². The first-order valence-corrected chi connectivity index (χ1v) is 2.78. The summed E-state index contributed by atoms with van der Waals surface area (Å²) in [6, 6.07) is 10.1. The van der Waals surface area contributed by atoms with Gasteiger partial charge in [0.25, 0.3) is 0 Å². The Labute approximate surface area is 45.8 Å². The van der Waals surface area contributed by atoms with Gasteiger partial charge in [0.15, 0.2) is 0 Å². The van der Waals surface area contributed by atoms with Crippen LogP contribution in [0.1, 0.15) is 0 Å². The Morgan fingerprint density at radius 1 is 1.00 bits per heavy atom. The van der Waals surface area contributed by atoms with Gasteiger partial charge in [-0.15, -0.1) is 9.24 Å². The second-order valence-corrected chi connectivity index (χ2v) is 2.08. The van der Waals surface area contributed by atoms with Crippen molar-refractivity contribution in [1.82, 2.24) is 0 Å². The molecule has 1 rings (SSSR count). The number of hydrogen-bond acceptors (Lipinski definition) is 0. The van der Waals surface area contributed by atoms with Crippen molar-refractivity contribution in [2.75, 3.05) is 0 Å². The van der Waals surface area contributed by atoms with E-state index in [9.17, 15) is 0 Å². The molecule has 1 atom stereocenters. The van der Waals surface area contributed by atoms with Crippen molar-refractivity contribution < 1.29 is 0 Å². The van der Waals surface area contributed by atoms with Crippen molar-refractivity contribution in [1.29, 1.82) is 0 Å². The molecule has 0 amide bonds. The van der Waals surface area contributed by atoms with E-state index in [1.54, 1.807) is 0 Å². The molecule has 0 N–H and O–H groups in total. The number of hydrogen-bond donors (Lipinski definition) is 0. The van der Waals surface area contributed by atoms with Gasteiger partial charge in [0.1, 0.15) is 0 Å². The SMILES string of the molecule is [9PH2]c1ccccc1. The van der Waals surface area contributed by atoms with Crippen molar-refractivity contribution in [2.24, 2.45) is 0 Å². The molecule has 1 heteroatoms. The molecular weight excluding hydrogens is 81.1 g/mol. The molecule has 0 fully saturated rings. The Hall–Kier alpha value is -0.350. The standard InChI is InChI=1S/C6H7P/c7-6-4-2-1-3-5-6/h1-5H,7H2/i7-22. The summed E-state index contributed by atoms with van der Waals surface area (Å²) in [6.45, 7) is 0. The van der Waals surface area contributed by atoms with Crippen molar-refractivity contribution in [3.05, 3.63) is 30.3 Å². The third kappa shape index (κ3) is 1.29. The summed E-state index contributed by atoms with van der Waals surface area (Å²) in [6.07, 6.45) is 0. The molecule has 0 aliphatic rings. The van der Waals surface area contributed by atoms with E-state index in [4.69, 9.17) is 0 Å². The quantitative estimate of drug-likeness (QED) is 0.418. The van der Waals surface area contributed by atoms with Gasteiger partial charge in [0.2, 0.25) is 0 Å². The second-order valence-electron chi connectivity index (χ2n) is 1.41. The topological polar surface area (TPSA) is 0 Å². The molecule has 0 aliphatic heterocycles. The molecule has 0 spiro atoms. The predicted octanol–water partition coefficient (Wildman–Crippen LogP) is 1.19. The van der Waals surface area contributed by atoms with Gasteiger partial charge in [-0.1, -0.05) is 30.3 Å². The minimum Gasteiger partial charge on any atom is -0.106 e. The Balaban J connectivity index is 3.02. The summed E-state index contributed by atoms with van der Waals surface area (Å²) in [7, 11) is 2.63. The fourth-order valence-electron chi connectivity index (χ4n) is 0.453. The van der Waals surface area contributed by atoms with Gasteiger partial charge >= 0.3 is 0 Å². The molecule has 0 nitrogen and oxygen atoms in total. The van der Waals surface area contributed by atoms with Crippen molar-refractivity contribution in [3.8, 4) is 0 Å². The zero-order valence-electron chi connectivity index (χ0n) is 3.96. The first-order valence-electron chi connectivity index (χ1n) is 2.20. The van der Waals surface area contributed by atoms with Gasteiger partial charge < -0.3 is 0 Å². The van der Waals surface area contributed by atoms with E-state index in [0.29, 0.717) is 0 Å². The van der Waals surface area contributed by atoms with E-state index in [1.807, 2.05) is 30.3 Å². The van der Waals surface area contributed by atoms with Gasteiger partial charge in [-0.05, 0) is 5.30 Å². The molecule has 0 bridgehead atoms. The Kier molecular flexibility index (Phi) is 1.43. The minimum absolute atomic E-state index is 1.24. The zero-order valence-corrected chi connectivity index (χ0v) is 5.12. The van der Waals surface area contributed by atoms with E-state index < -0.39 is 0 Å². The molecule has 36 valence electrons. The molecule has 0 heterocycles. The summed E-state index contributed by atoms with van der Waals surface area (Å²) in [5.74, 6) is 0. The highest BCUT2D eigenvalue weighted by Crippen LogP contribution is 1.86. The van der Waals surface area contributed by atoms with Crippen LogP contribution in [-0.2, 0) is 0 Å². The average molecular weight is 88.1 g/mol. The van der Waals surface area contributed by atoms with E-state index in [2.05, 4.69) is 9.24 Å². The Bertz CT molecular complexity index is 134. The Morgan fingerprint density at radius 3 is 1.86 bits per heavy atom. The Morgan fingerprint density at radius 2 is 1.57 bits per heavy atom. The maximum Gasteiger partial charge on any atom is -0.0303 e. The van der Waals surface area contributed by atoms with Crippen LogP contribution in [0.4, 0.5) is 0 Å². The number of rotatable bonds is 0. The maximum absolute atomic E-state index is 2.63. The van der Waals surface area contributed by atoms with Crippen LogP contribution in [0.5, 0.6) is 0 Å². The smallest absolute Gasteiger partial charge is 0.0303 e. The number of benzene rings is 1. The van der Waals surface area contributed by atoms with E-state index in [1.165, 1.54) is 5.30 Å². The first-order chi connectivity index (χ1) is 3.39. The van der Waals surface area contributed by atoms with Crippen LogP contribution in [0.15, 0.2) is 30.3 Å². The third-order valence-electron chi connectivity index (χ3n) is 0.800. The highest BCUT2D eigenvalue weighted by Gasteiger charge is 1.72. The molecule has 7 heavy (non-hydrogen) atoms. The molecule has 0 aliphatic carbocycles. The van der Waals surface area contributed by atoms with E-state index in [-0.39, 0.29) is 0 Å². The summed E-state index contributed by atoms with van der Waals surface area (Å²) < 4.78 is 0. The molecule has 0 saturated heterocycles. The van der Waals surface area contributed by atoms with Crippen molar-refractivity contribution in [2.45, 2.75) is 0 Å². The van der Waals surface area contributed by atoms with Crippen LogP contribution in [0.3, 0.4) is 0 Å². The zero-order chi connectivity index (χ0) is 5.11. The summed E-state index contributed by atoms with van der Waals surface area (Å²) in [4.78, 5) is 0. The lowest BCUT2D eigenvalue weighted by molar-refractivity contribution is 1.78. The molecule has 1 aromatic rings. The lowest BCUT2D eigenvalue weighted by atomic mass is 8.66. The van der Waals surface area contributed by atoms with Gasteiger partial charge in [-0.2, -0.15) is 0 Å². The maximum atomic E-state index is 2.63. The van der Waals surface area contributed by atoms with Crippen molar-refractivity contribution >= 4 is 14.5 Å². The second kappa shape index (κ2) is 2.09. The van der Waals surface area contributed by atoms with Gasteiger partial charge in [0, 0.05) is 0 Å². The molecule has 0 saturated carbocycles. The van der Waals surface area contributed by atoms with Crippen LogP contribution in [0, 0.1) is 0 Å². The summed E-state index contributed by atoms with van der Waals surface area (Å²) in [5, 5.41) is 1.24. The van der Waals surface area contributed by atoms with Crippen LogP contribution in [-0.4, -0.2) is 0 Å². The van der Waals surface area contributed by atoms with Gasteiger partial charge in [0.05, 0.1) is 0 Å².